The van der Waals surface area contributed by atoms with Crippen LogP contribution in [0.15, 0.2) is 79.1 Å². The van der Waals surface area contributed by atoms with Crippen molar-refractivity contribution < 1.29 is 18.4 Å². The maximum absolute atomic E-state index is 14.9. The van der Waals surface area contributed by atoms with Gasteiger partial charge >= 0.3 is 0 Å². The van der Waals surface area contributed by atoms with Gasteiger partial charge in [-0.05, 0) is 40.8 Å². The number of nitrogens with zero attached hydrogens (tertiary/aromatic N) is 3. The van der Waals surface area contributed by atoms with Crippen LogP contribution in [0.4, 0.5) is 8.78 Å². The summed E-state index contributed by atoms with van der Waals surface area (Å²) in [4.78, 5) is 32.5. The van der Waals surface area contributed by atoms with Crippen molar-refractivity contribution in [2.45, 2.75) is 50.9 Å². The minimum atomic E-state index is -1.31. The Morgan fingerprint density at radius 2 is 1.82 bits per heavy atom. The number of carbonyl (C=O) groups is 2. The van der Waals surface area contributed by atoms with Crippen LogP contribution in [0.2, 0.25) is 0 Å². The molecule has 0 unspecified atom stereocenters. The van der Waals surface area contributed by atoms with E-state index in [1.165, 1.54) is 11.0 Å². The number of nitrogens with one attached hydrogen (secondary N) is 1. The average Bonchev–Trinajstić information content (AvgIpc) is 3.51. The van der Waals surface area contributed by atoms with Gasteiger partial charge in [0.05, 0.1) is 24.7 Å². The van der Waals surface area contributed by atoms with E-state index in [1.54, 1.807) is 22.7 Å². The lowest BCUT2D eigenvalue weighted by Crippen LogP contribution is -2.47. The fourth-order valence-electron chi connectivity index (χ4n) is 5.12. The van der Waals surface area contributed by atoms with E-state index < -0.39 is 24.2 Å². The number of hydrogen-bond acceptors (Lipinski definition) is 3. The number of benzene rings is 2. The zero-order chi connectivity index (χ0) is 26.8. The topological polar surface area (TPSA) is 66.7 Å². The Morgan fingerprint density at radius 3 is 2.55 bits per heavy atom. The van der Waals surface area contributed by atoms with Crippen LogP contribution in [0.3, 0.4) is 0 Å². The first-order valence-corrected chi connectivity index (χ1v) is 12.8. The Bertz CT molecular complexity index is 1450. The molecule has 2 amide bonds. The quantitative estimate of drug-likeness (QED) is 0.377. The number of imidazole rings is 1. The largest absolute Gasteiger partial charge is 0.343 e. The number of alkyl halides is 1. The lowest BCUT2D eigenvalue weighted by molar-refractivity contribution is -0.138. The number of halogens is 2. The molecule has 5 rings (SSSR count). The Morgan fingerprint density at radius 1 is 1.05 bits per heavy atom. The summed E-state index contributed by atoms with van der Waals surface area (Å²) in [7, 11) is 0. The van der Waals surface area contributed by atoms with E-state index in [4.69, 9.17) is 0 Å². The second kappa shape index (κ2) is 10.7. The molecule has 0 radical (unpaired) electrons. The highest BCUT2D eigenvalue weighted by Crippen LogP contribution is 2.28. The molecule has 1 N–H and O–H groups in total. The van der Waals surface area contributed by atoms with Crippen LogP contribution in [0.1, 0.15) is 54.6 Å². The number of aromatic nitrogens is 2. The highest BCUT2D eigenvalue weighted by Gasteiger charge is 2.40. The maximum Gasteiger partial charge on any atom is 0.243 e. The number of pyridine rings is 1. The van der Waals surface area contributed by atoms with Gasteiger partial charge in [0.15, 0.2) is 0 Å². The molecule has 1 aliphatic rings. The van der Waals surface area contributed by atoms with E-state index in [0.29, 0.717) is 22.5 Å². The maximum atomic E-state index is 14.9. The van der Waals surface area contributed by atoms with Crippen molar-refractivity contribution in [3.8, 4) is 0 Å². The van der Waals surface area contributed by atoms with Crippen LogP contribution in [-0.2, 0) is 16.0 Å². The number of carbonyl (C=O) groups excluding carboxylic acids is 2. The molecule has 1 aliphatic heterocycles. The summed E-state index contributed by atoms with van der Waals surface area (Å²) in [5.74, 6) is -1.15. The molecule has 0 saturated carbocycles. The van der Waals surface area contributed by atoms with E-state index in [9.17, 15) is 18.4 Å². The molecule has 1 saturated heterocycles. The molecule has 196 valence electrons. The first-order valence-electron chi connectivity index (χ1n) is 12.8. The minimum absolute atomic E-state index is 0.00826. The van der Waals surface area contributed by atoms with E-state index in [1.807, 2.05) is 68.6 Å². The van der Waals surface area contributed by atoms with Crippen molar-refractivity contribution in [2.24, 2.45) is 0 Å². The van der Waals surface area contributed by atoms with Crippen molar-refractivity contribution in [1.29, 1.82) is 0 Å². The zero-order valence-corrected chi connectivity index (χ0v) is 21.4. The van der Waals surface area contributed by atoms with Crippen LogP contribution >= 0.6 is 0 Å². The standard InChI is InChI=1S/C30H30F2N4O2/c1-19(2)24-12-11-21(14-25(24)32)29(20-8-4-3-5-9-20)34-30(38)26-15-22(31)18-36(26)28(37)16-23-17-33-27-10-6-7-13-35(23)27/h3-14,17,19,22,26,29H,15-16,18H2,1-2H3,(H,34,38)/t22-,26+,29+/m1/s1. The summed E-state index contributed by atoms with van der Waals surface area (Å²) in [5, 5.41) is 2.98. The summed E-state index contributed by atoms with van der Waals surface area (Å²) in [6.45, 7) is 3.68. The monoisotopic (exact) mass is 516 g/mol. The second-order valence-electron chi connectivity index (χ2n) is 10.0. The molecule has 3 atom stereocenters. The molecule has 2 aromatic carbocycles. The molecule has 1 fully saturated rings. The minimum Gasteiger partial charge on any atom is -0.343 e. The van der Waals surface area contributed by atoms with Crippen LogP contribution in [0.25, 0.3) is 5.65 Å². The van der Waals surface area contributed by atoms with Crippen LogP contribution in [-0.4, -0.2) is 44.9 Å². The van der Waals surface area contributed by atoms with Crippen LogP contribution in [0, 0.1) is 5.82 Å². The number of fused-ring (bicyclic) bond motifs is 1. The number of rotatable bonds is 7. The average molecular weight is 517 g/mol. The van der Waals surface area contributed by atoms with Gasteiger partial charge in [0, 0.05) is 18.8 Å². The van der Waals surface area contributed by atoms with Gasteiger partial charge in [0.2, 0.25) is 11.8 Å². The third-order valence-corrected chi connectivity index (χ3v) is 7.10. The Balaban J connectivity index is 1.39. The Labute approximate surface area is 220 Å². The van der Waals surface area contributed by atoms with Gasteiger partial charge in [-0.15, -0.1) is 0 Å². The molecule has 6 nitrogen and oxygen atoms in total. The molecule has 0 bridgehead atoms. The summed E-state index contributed by atoms with van der Waals surface area (Å²) < 4.78 is 31.3. The fraction of sp³-hybridized carbons (Fsp3) is 0.300. The third-order valence-electron chi connectivity index (χ3n) is 7.10. The van der Waals surface area contributed by atoms with Crippen molar-refractivity contribution in [3.63, 3.8) is 0 Å². The summed E-state index contributed by atoms with van der Waals surface area (Å²) in [6, 6.07) is 18.1. The Kier molecular flexibility index (Phi) is 7.22. The van der Waals surface area contributed by atoms with Gasteiger partial charge in [0.1, 0.15) is 23.7 Å². The van der Waals surface area contributed by atoms with E-state index >= 15 is 0 Å². The van der Waals surface area contributed by atoms with Crippen molar-refractivity contribution in [2.75, 3.05) is 6.54 Å². The van der Waals surface area contributed by atoms with Gasteiger partial charge in [-0.25, -0.2) is 13.8 Å². The van der Waals surface area contributed by atoms with Crippen LogP contribution < -0.4 is 5.32 Å². The lowest BCUT2D eigenvalue weighted by Gasteiger charge is -2.27. The van der Waals surface area contributed by atoms with Gasteiger partial charge in [0.25, 0.3) is 0 Å². The summed E-state index contributed by atoms with van der Waals surface area (Å²) >= 11 is 0. The van der Waals surface area contributed by atoms with E-state index in [-0.39, 0.29) is 37.0 Å². The molecule has 4 aromatic rings. The van der Waals surface area contributed by atoms with E-state index in [2.05, 4.69) is 10.3 Å². The summed E-state index contributed by atoms with van der Waals surface area (Å²) in [6.07, 6.45) is 2.02. The van der Waals surface area contributed by atoms with Crippen LogP contribution in [0.5, 0.6) is 0 Å². The molecule has 0 aliphatic carbocycles. The summed E-state index contributed by atoms with van der Waals surface area (Å²) in [5.41, 5.74) is 3.29. The fourth-order valence-corrected chi connectivity index (χ4v) is 5.12. The first kappa shape index (κ1) is 25.6. The molecule has 2 aromatic heterocycles. The van der Waals surface area contributed by atoms with Crippen molar-refractivity contribution in [3.05, 3.63) is 107 Å². The zero-order valence-electron chi connectivity index (χ0n) is 21.4. The SMILES string of the molecule is CC(C)c1ccc([C@@H](NC(=O)[C@@H]2C[C@@H](F)CN2C(=O)Cc2cnc3ccccn23)c2ccccc2)cc1F. The molecular formula is C30H30F2N4O2. The molecule has 8 heteroatoms. The predicted molar refractivity (Wildman–Crippen MR) is 141 cm³/mol. The second-order valence-corrected chi connectivity index (χ2v) is 10.0. The molecular weight excluding hydrogens is 486 g/mol. The molecule has 38 heavy (non-hydrogen) atoms. The number of hydrogen-bond donors (Lipinski definition) is 1. The first-order chi connectivity index (χ1) is 18.3. The smallest absolute Gasteiger partial charge is 0.243 e. The van der Waals surface area contributed by atoms with Gasteiger partial charge in [-0.2, -0.15) is 0 Å². The van der Waals surface area contributed by atoms with Gasteiger partial charge in [-0.3, -0.25) is 9.59 Å². The van der Waals surface area contributed by atoms with Crippen molar-refractivity contribution >= 4 is 17.5 Å². The third kappa shape index (κ3) is 5.16. The van der Waals surface area contributed by atoms with Crippen molar-refractivity contribution in [1.82, 2.24) is 19.6 Å². The predicted octanol–water partition coefficient (Wildman–Crippen LogP) is 4.98. The number of likely N-dealkylation sites (tertiary alicyclic amines) is 1. The Hall–Kier alpha value is -4.07. The highest BCUT2D eigenvalue weighted by atomic mass is 19.1. The molecule has 0 spiro atoms. The number of amides is 2. The lowest BCUT2D eigenvalue weighted by atomic mass is 9.94. The normalized spacial score (nSPS) is 18.2. The van der Waals surface area contributed by atoms with E-state index in [0.717, 1.165) is 5.56 Å². The van der Waals surface area contributed by atoms with Gasteiger partial charge < -0.3 is 14.6 Å². The van der Waals surface area contributed by atoms with Gasteiger partial charge in [-0.1, -0.05) is 62.4 Å². The highest BCUT2D eigenvalue weighted by molar-refractivity contribution is 5.89. The molecule has 3 heterocycles.